The lowest BCUT2D eigenvalue weighted by atomic mass is 10.3. The van der Waals surface area contributed by atoms with Gasteiger partial charge in [0.05, 0.1) is 0 Å². The summed E-state index contributed by atoms with van der Waals surface area (Å²) in [6.45, 7) is 5.84. The molecular weight excluding hydrogens is 280 g/mol. The van der Waals surface area contributed by atoms with Gasteiger partial charge in [0.25, 0.3) is 0 Å². The SMILES string of the molecule is CO[SiH](OC)C(C)CCOCCC(C)[SiH](OC)OC. The van der Waals surface area contributed by atoms with Gasteiger partial charge in [-0.2, -0.15) is 0 Å². The van der Waals surface area contributed by atoms with Gasteiger partial charge >= 0.3 is 18.6 Å². The third kappa shape index (κ3) is 8.18. The van der Waals surface area contributed by atoms with Crippen molar-refractivity contribution in [1.82, 2.24) is 0 Å². The summed E-state index contributed by atoms with van der Waals surface area (Å²) in [6.07, 6.45) is 1.98. The zero-order chi connectivity index (χ0) is 14.7. The minimum Gasteiger partial charge on any atom is -0.400 e. The van der Waals surface area contributed by atoms with Crippen LogP contribution < -0.4 is 0 Å². The molecule has 0 bridgehead atoms. The van der Waals surface area contributed by atoms with Gasteiger partial charge in [0.15, 0.2) is 0 Å². The Morgan fingerprint density at radius 2 is 1.00 bits per heavy atom. The maximum absolute atomic E-state index is 5.68. The molecule has 116 valence electrons. The Bertz CT molecular complexity index is 181. The molecule has 0 fully saturated rings. The number of ether oxygens (including phenoxy) is 1. The van der Waals surface area contributed by atoms with Gasteiger partial charge in [0.2, 0.25) is 0 Å². The van der Waals surface area contributed by atoms with E-state index in [-0.39, 0.29) is 0 Å². The molecule has 0 radical (unpaired) electrons. The fourth-order valence-electron chi connectivity index (χ4n) is 2.03. The molecule has 0 aliphatic rings. The van der Waals surface area contributed by atoms with Gasteiger partial charge in [-0.25, -0.2) is 0 Å². The highest BCUT2D eigenvalue weighted by Gasteiger charge is 2.20. The van der Waals surface area contributed by atoms with Crippen LogP contribution in [0.15, 0.2) is 0 Å². The van der Waals surface area contributed by atoms with E-state index < -0.39 is 18.6 Å². The minimum absolute atomic E-state index is 0.465. The predicted octanol–water partition coefficient (Wildman–Crippen LogP) is 1.59. The van der Waals surface area contributed by atoms with E-state index in [1.54, 1.807) is 28.4 Å². The van der Waals surface area contributed by atoms with Crippen LogP contribution in [0.1, 0.15) is 26.7 Å². The first-order valence-electron chi connectivity index (χ1n) is 6.79. The van der Waals surface area contributed by atoms with Crippen LogP contribution >= 0.6 is 0 Å². The van der Waals surface area contributed by atoms with E-state index in [1.165, 1.54) is 0 Å². The molecule has 0 heterocycles. The Balaban J connectivity index is 3.64. The summed E-state index contributed by atoms with van der Waals surface area (Å²) in [5.74, 6) is 0. The quantitative estimate of drug-likeness (QED) is 0.405. The summed E-state index contributed by atoms with van der Waals surface area (Å²) < 4.78 is 27.1. The second-order valence-electron chi connectivity index (χ2n) is 4.82. The lowest BCUT2D eigenvalue weighted by Crippen LogP contribution is -2.26. The second-order valence-corrected chi connectivity index (χ2v) is 10.5. The highest BCUT2D eigenvalue weighted by atomic mass is 28.3. The Morgan fingerprint density at radius 3 is 1.26 bits per heavy atom. The molecule has 0 N–H and O–H groups in total. The normalized spacial score (nSPS) is 15.2. The molecule has 0 rings (SSSR count). The highest BCUT2D eigenvalue weighted by Crippen LogP contribution is 2.17. The molecule has 0 saturated heterocycles. The Labute approximate surface area is 121 Å². The molecular formula is C12H30O5Si2. The molecule has 0 aliphatic carbocycles. The average Bonchev–Trinajstić information content (AvgIpc) is 2.41. The third-order valence-corrected chi connectivity index (χ3v) is 7.68. The Kier molecular flexibility index (Phi) is 12.2. The van der Waals surface area contributed by atoms with Crippen molar-refractivity contribution in [3.63, 3.8) is 0 Å². The van der Waals surface area contributed by atoms with Crippen molar-refractivity contribution in [2.75, 3.05) is 41.7 Å². The summed E-state index contributed by atoms with van der Waals surface area (Å²) in [5.41, 5.74) is 0.931. The first kappa shape index (κ1) is 19.2. The molecule has 2 atom stereocenters. The van der Waals surface area contributed by atoms with Crippen molar-refractivity contribution in [3.05, 3.63) is 0 Å². The van der Waals surface area contributed by atoms with E-state index in [4.69, 9.17) is 22.4 Å². The van der Waals surface area contributed by atoms with Crippen molar-refractivity contribution >= 4 is 18.6 Å². The van der Waals surface area contributed by atoms with Crippen LogP contribution in [0.3, 0.4) is 0 Å². The topological polar surface area (TPSA) is 46.2 Å². The standard InChI is InChI=1S/C12H30O5Si2/c1-11(18(13-3)14-4)7-9-17-10-8-12(2)19(15-5)16-6/h11-12,18-19H,7-10H2,1-6H3. The predicted molar refractivity (Wildman–Crippen MR) is 81.2 cm³/mol. The third-order valence-electron chi connectivity index (χ3n) is 3.29. The zero-order valence-electron chi connectivity index (χ0n) is 13.2. The molecule has 2 unspecified atom stereocenters. The van der Waals surface area contributed by atoms with Crippen molar-refractivity contribution in [2.45, 2.75) is 37.8 Å². The smallest absolute Gasteiger partial charge is 0.323 e. The van der Waals surface area contributed by atoms with Crippen molar-refractivity contribution in [3.8, 4) is 0 Å². The molecule has 7 heteroatoms. The molecule has 0 aliphatic heterocycles. The van der Waals surface area contributed by atoms with Gasteiger partial charge in [0, 0.05) is 41.7 Å². The molecule has 0 aromatic carbocycles. The average molecular weight is 311 g/mol. The van der Waals surface area contributed by atoms with E-state index in [1.807, 2.05) is 0 Å². The molecule has 5 nitrogen and oxygen atoms in total. The zero-order valence-corrected chi connectivity index (χ0v) is 15.5. The monoisotopic (exact) mass is 310 g/mol. The van der Waals surface area contributed by atoms with Crippen LogP contribution in [0.25, 0.3) is 0 Å². The minimum atomic E-state index is -1.50. The summed E-state index contributed by atoms with van der Waals surface area (Å²) in [7, 11) is 3.89. The summed E-state index contributed by atoms with van der Waals surface area (Å²) in [4.78, 5) is 0. The van der Waals surface area contributed by atoms with E-state index in [2.05, 4.69) is 13.8 Å². The van der Waals surface area contributed by atoms with Crippen molar-refractivity contribution in [1.29, 1.82) is 0 Å². The summed E-state index contributed by atoms with van der Waals surface area (Å²) >= 11 is 0. The van der Waals surface area contributed by atoms with Crippen LogP contribution in [0.5, 0.6) is 0 Å². The van der Waals surface area contributed by atoms with Crippen LogP contribution in [-0.2, 0) is 22.4 Å². The molecule has 0 amide bonds. The largest absolute Gasteiger partial charge is 0.400 e. The van der Waals surface area contributed by atoms with E-state index >= 15 is 0 Å². The van der Waals surface area contributed by atoms with Gasteiger partial charge in [0.1, 0.15) is 0 Å². The molecule has 0 aromatic heterocycles. The summed E-state index contributed by atoms with van der Waals surface area (Å²) in [6, 6.07) is 0. The van der Waals surface area contributed by atoms with Gasteiger partial charge in [-0.15, -0.1) is 0 Å². The van der Waals surface area contributed by atoms with E-state index in [9.17, 15) is 0 Å². The van der Waals surface area contributed by atoms with Crippen molar-refractivity contribution in [2.24, 2.45) is 0 Å². The number of hydrogen-bond donors (Lipinski definition) is 0. The van der Waals surface area contributed by atoms with Crippen molar-refractivity contribution < 1.29 is 22.4 Å². The van der Waals surface area contributed by atoms with Gasteiger partial charge in [-0.1, -0.05) is 13.8 Å². The summed E-state index contributed by atoms with van der Waals surface area (Å²) in [5, 5.41) is 0. The Morgan fingerprint density at radius 1 is 0.684 bits per heavy atom. The van der Waals surface area contributed by atoms with Gasteiger partial charge < -0.3 is 22.4 Å². The first-order chi connectivity index (χ1) is 9.10. The van der Waals surface area contributed by atoms with Gasteiger partial charge in [-0.3, -0.25) is 0 Å². The van der Waals surface area contributed by atoms with E-state index in [0.29, 0.717) is 11.1 Å². The van der Waals surface area contributed by atoms with E-state index in [0.717, 1.165) is 26.1 Å². The maximum Gasteiger partial charge on any atom is 0.323 e. The van der Waals surface area contributed by atoms with Gasteiger partial charge in [-0.05, 0) is 23.9 Å². The first-order valence-corrected chi connectivity index (χ1v) is 10.0. The van der Waals surface area contributed by atoms with Crippen LogP contribution in [0, 0.1) is 0 Å². The number of hydrogen-bond acceptors (Lipinski definition) is 5. The van der Waals surface area contributed by atoms with Crippen LogP contribution in [-0.4, -0.2) is 60.2 Å². The molecule has 0 aromatic rings. The van der Waals surface area contributed by atoms with Crippen LogP contribution in [0.2, 0.25) is 11.1 Å². The molecule has 0 spiro atoms. The fourth-order valence-corrected chi connectivity index (χ4v) is 5.09. The highest BCUT2D eigenvalue weighted by molar-refractivity contribution is 6.46. The molecule has 0 saturated carbocycles. The lowest BCUT2D eigenvalue weighted by molar-refractivity contribution is 0.122. The van der Waals surface area contributed by atoms with Crippen LogP contribution in [0.4, 0.5) is 0 Å². The number of rotatable bonds is 12. The molecule has 19 heavy (non-hydrogen) atoms. The maximum atomic E-state index is 5.68. The Hall–Kier alpha value is 0.234. The fraction of sp³-hybridized carbons (Fsp3) is 1.00. The second kappa shape index (κ2) is 12.0. The lowest BCUT2D eigenvalue weighted by Gasteiger charge is -2.20.